The molecule has 5 nitrogen and oxygen atoms in total. The molecule has 0 saturated heterocycles. The standard InChI is InChI=1S/C13H16N2O3/c14-11(16)8-15-13(12(17)18)7-3-5-9-4-1-2-6-10(9)13/h1-2,4,6,15H,3,5,7-8H2,(H2,14,16)(H,17,18). The number of carboxylic acid groups (broad SMARTS) is 1. The summed E-state index contributed by atoms with van der Waals surface area (Å²) in [6.45, 7) is -0.138. The van der Waals surface area contributed by atoms with Crippen LogP contribution in [0, 0.1) is 0 Å². The van der Waals surface area contributed by atoms with E-state index in [1.807, 2.05) is 18.2 Å². The highest BCUT2D eigenvalue weighted by Gasteiger charge is 2.43. The van der Waals surface area contributed by atoms with Crippen molar-refractivity contribution in [1.29, 1.82) is 0 Å². The maximum Gasteiger partial charge on any atom is 0.328 e. The second-order valence-electron chi connectivity index (χ2n) is 4.54. The highest BCUT2D eigenvalue weighted by atomic mass is 16.4. The van der Waals surface area contributed by atoms with E-state index in [2.05, 4.69) is 5.32 Å². The Balaban J connectivity index is 2.42. The molecule has 1 unspecified atom stereocenters. The van der Waals surface area contributed by atoms with Crippen molar-refractivity contribution < 1.29 is 14.7 Å². The molecule has 0 spiro atoms. The van der Waals surface area contributed by atoms with Crippen LogP contribution in [0.5, 0.6) is 0 Å². The molecule has 96 valence electrons. The zero-order valence-corrected chi connectivity index (χ0v) is 9.98. The Labute approximate surface area is 105 Å². The minimum atomic E-state index is -1.19. The molecule has 1 aromatic carbocycles. The number of aliphatic carboxylic acids is 1. The van der Waals surface area contributed by atoms with Crippen molar-refractivity contribution in [2.75, 3.05) is 6.54 Å². The molecule has 0 heterocycles. The number of nitrogens with two attached hydrogens (primary N) is 1. The van der Waals surface area contributed by atoms with E-state index < -0.39 is 17.4 Å². The summed E-state index contributed by atoms with van der Waals surface area (Å²) in [5, 5.41) is 12.3. The Morgan fingerprint density at radius 2 is 2.11 bits per heavy atom. The van der Waals surface area contributed by atoms with Gasteiger partial charge >= 0.3 is 5.97 Å². The van der Waals surface area contributed by atoms with Gasteiger partial charge in [-0.1, -0.05) is 24.3 Å². The molecular formula is C13H16N2O3. The molecule has 0 aliphatic heterocycles. The fraction of sp³-hybridized carbons (Fsp3) is 0.385. The van der Waals surface area contributed by atoms with Crippen LogP contribution in [0.4, 0.5) is 0 Å². The molecule has 1 amide bonds. The first-order valence-corrected chi connectivity index (χ1v) is 5.91. The molecule has 1 aromatic rings. The lowest BCUT2D eigenvalue weighted by Gasteiger charge is -2.36. The van der Waals surface area contributed by atoms with Crippen LogP contribution >= 0.6 is 0 Å². The van der Waals surface area contributed by atoms with Gasteiger partial charge in [0.1, 0.15) is 5.54 Å². The third kappa shape index (κ3) is 2.09. The molecule has 5 heteroatoms. The van der Waals surface area contributed by atoms with E-state index in [9.17, 15) is 14.7 Å². The van der Waals surface area contributed by atoms with Gasteiger partial charge in [-0.3, -0.25) is 10.1 Å². The first-order valence-electron chi connectivity index (χ1n) is 5.91. The summed E-state index contributed by atoms with van der Waals surface area (Å²) in [6.07, 6.45) is 2.10. The predicted octanol–water partition coefficient (Wildman–Crippen LogP) is 0.378. The number of rotatable bonds is 4. The molecule has 1 aliphatic rings. The quantitative estimate of drug-likeness (QED) is 0.718. The maximum atomic E-state index is 11.6. The number of hydrogen-bond donors (Lipinski definition) is 3. The Bertz CT molecular complexity index is 487. The zero-order chi connectivity index (χ0) is 13.2. The van der Waals surface area contributed by atoms with Crippen LogP contribution in [0.1, 0.15) is 24.0 Å². The Kier molecular flexibility index (Phi) is 3.34. The van der Waals surface area contributed by atoms with Gasteiger partial charge in [-0.2, -0.15) is 0 Å². The van der Waals surface area contributed by atoms with Crippen LogP contribution in [0.2, 0.25) is 0 Å². The first kappa shape index (κ1) is 12.6. The second kappa shape index (κ2) is 4.78. The van der Waals surface area contributed by atoms with Crippen molar-refractivity contribution in [3.63, 3.8) is 0 Å². The summed E-state index contributed by atoms with van der Waals surface area (Å²) < 4.78 is 0. The van der Waals surface area contributed by atoms with Gasteiger partial charge < -0.3 is 10.8 Å². The fourth-order valence-corrected chi connectivity index (χ4v) is 2.55. The Morgan fingerprint density at radius 3 is 2.78 bits per heavy atom. The summed E-state index contributed by atoms with van der Waals surface area (Å²) in [6, 6.07) is 7.44. The Hall–Kier alpha value is -1.88. The van der Waals surface area contributed by atoms with Gasteiger partial charge in [0.2, 0.25) is 5.91 Å². The average molecular weight is 248 g/mol. The minimum absolute atomic E-state index is 0.138. The number of nitrogens with one attached hydrogen (secondary N) is 1. The van der Waals surface area contributed by atoms with Crippen LogP contribution < -0.4 is 11.1 Å². The summed E-state index contributed by atoms with van der Waals surface area (Å²) in [5.41, 5.74) is 5.66. The lowest BCUT2D eigenvalue weighted by atomic mass is 9.76. The number of fused-ring (bicyclic) bond motifs is 1. The highest BCUT2D eigenvalue weighted by Crippen LogP contribution is 2.35. The fourth-order valence-electron chi connectivity index (χ4n) is 2.55. The third-order valence-electron chi connectivity index (χ3n) is 3.40. The lowest BCUT2D eigenvalue weighted by molar-refractivity contribution is -0.146. The number of benzene rings is 1. The second-order valence-corrected chi connectivity index (χ2v) is 4.54. The van der Waals surface area contributed by atoms with Crippen molar-refractivity contribution in [1.82, 2.24) is 5.32 Å². The number of primary amides is 1. The zero-order valence-electron chi connectivity index (χ0n) is 9.98. The summed E-state index contributed by atoms with van der Waals surface area (Å²) in [5.74, 6) is -1.52. The van der Waals surface area contributed by atoms with Crippen molar-refractivity contribution >= 4 is 11.9 Å². The van der Waals surface area contributed by atoms with E-state index in [1.54, 1.807) is 6.07 Å². The van der Waals surface area contributed by atoms with E-state index in [-0.39, 0.29) is 6.54 Å². The number of carbonyl (C=O) groups is 2. The summed E-state index contributed by atoms with van der Waals surface area (Å²) in [4.78, 5) is 22.5. The predicted molar refractivity (Wildman–Crippen MR) is 65.9 cm³/mol. The number of carbonyl (C=O) groups excluding carboxylic acids is 1. The van der Waals surface area contributed by atoms with Crippen LogP contribution in [-0.2, 0) is 21.5 Å². The van der Waals surface area contributed by atoms with Crippen molar-refractivity contribution in [3.8, 4) is 0 Å². The van der Waals surface area contributed by atoms with Crippen LogP contribution in [0.15, 0.2) is 24.3 Å². The molecule has 0 aromatic heterocycles. The topological polar surface area (TPSA) is 92.4 Å². The summed E-state index contributed by atoms with van der Waals surface area (Å²) >= 11 is 0. The Morgan fingerprint density at radius 1 is 1.39 bits per heavy atom. The molecule has 18 heavy (non-hydrogen) atoms. The van der Waals surface area contributed by atoms with Gasteiger partial charge in [-0.15, -0.1) is 0 Å². The van der Waals surface area contributed by atoms with E-state index in [1.165, 1.54) is 0 Å². The van der Waals surface area contributed by atoms with E-state index in [0.717, 1.165) is 24.0 Å². The molecule has 0 bridgehead atoms. The minimum Gasteiger partial charge on any atom is -0.480 e. The average Bonchev–Trinajstić information content (AvgIpc) is 2.36. The van der Waals surface area contributed by atoms with Gasteiger partial charge in [-0.05, 0) is 30.4 Å². The molecule has 0 radical (unpaired) electrons. The van der Waals surface area contributed by atoms with Gasteiger partial charge in [0.15, 0.2) is 0 Å². The SMILES string of the molecule is NC(=O)CNC1(C(=O)O)CCCc2ccccc21. The van der Waals surface area contributed by atoms with E-state index in [0.29, 0.717) is 6.42 Å². The van der Waals surface area contributed by atoms with Gasteiger partial charge in [-0.25, -0.2) is 4.79 Å². The van der Waals surface area contributed by atoms with Gasteiger partial charge in [0.05, 0.1) is 6.54 Å². The number of amides is 1. The maximum absolute atomic E-state index is 11.6. The molecule has 0 saturated carbocycles. The number of carboxylic acids is 1. The lowest BCUT2D eigenvalue weighted by Crippen LogP contribution is -2.53. The number of aryl methyl sites for hydroxylation is 1. The van der Waals surface area contributed by atoms with Crippen LogP contribution in [-0.4, -0.2) is 23.5 Å². The summed E-state index contributed by atoms with van der Waals surface area (Å²) in [7, 11) is 0. The number of hydrogen-bond acceptors (Lipinski definition) is 3. The molecule has 4 N–H and O–H groups in total. The molecule has 1 aliphatic carbocycles. The van der Waals surface area contributed by atoms with Gasteiger partial charge in [0, 0.05) is 0 Å². The van der Waals surface area contributed by atoms with E-state index >= 15 is 0 Å². The van der Waals surface area contributed by atoms with Crippen molar-refractivity contribution in [2.45, 2.75) is 24.8 Å². The van der Waals surface area contributed by atoms with Crippen molar-refractivity contribution in [2.24, 2.45) is 5.73 Å². The normalized spacial score (nSPS) is 22.2. The monoisotopic (exact) mass is 248 g/mol. The van der Waals surface area contributed by atoms with E-state index in [4.69, 9.17) is 5.73 Å². The van der Waals surface area contributed by atoms with Crippen LogP contribution in [0.25, 0.3) is 0 Å². The molecular weight excluding hydrogens is 232 g/mol. The smallest absolute Gasteiger partial charge is 0.328 e. The molecule has 1 atom stereocenters. The first-order chi connectivity index (χ1) is 8.56. The van der Waals surface area contributed by atoms with Crippen molar-refractivity contribution in [3.05, 3.63) is 35.4 Å². The third-order valence-corrected chi connectivity index (χ3v) is 3.40. The van der Waals surface area contributed by atoms with Gasteiger partial charge in [0.25, 0.3) is 0 Å². The largest absolute Gasteiger partial charge is 0.480 e. The molecule has 0 fully saturated rings. The highest BCUT2D eigenvalue weighted by molar-refractivity contribution is 5.83. The molecule has 2 rings (SSSR count). The van der Waals surface area contributed by atoms with Crippen LogP contribution in [0.3, 0.4) is 0 Å².